The van der Waals surface area contributed by atoms with Gasteiger partial charge in [-0.15, -0.1) is 0 Å². The van der Waals surface area contributed by atoms with E-state index in [0.717, 1.165) is 80.0 Å². The number of aliphatic carboxylic acids is 1. The first-order chi connectivity index (χ1) is 17.3. The molecule has 0 radical (unpaired) electrons. The molecule has 1 aromatic rings. The van der Waals surface area contributed by atoms with E-state index in [1.165, 1.54) is 12.6 Å². The molecule has 2 N–H and O–H groups in total. The molecular weight excluding hydrogens is 504 g/mol. The summed E-state index contributed by atoms with van der Waals surface area (Å²) in [6.07, 6.45) is 12.2. The van der Waals surface area contributed by atoms with Gasteiger partial charge in [0.1, 0.15) is 6.04 Å². The standard InChI is InChI=1S/C24H38N4O6S2/c1-2-15-34-19-12-10-18(11-13-19)28(17-7-4-3-5-8-17)24(31)26-23-25-16-21(35-23)36(32,33)27-14-6-9-20(27)22(29)30/h16-20H,2-15H2,1H3,(H,29,30)(H,25,26,31)/t18-,19-,20-/m1/s1. The van der Waals surface area contributed by atoms with Gasteiger partial charge in [-0.05, 0) is 57.8 Å². The van der Waals surface area contributed by atoms with Gasteiger partial charge in [0, 0.05) is 25.2 Å². The Morgan fingerprint density at radius 1 is 1.11 bits per heavy atom. The number of aromatic nitrogens is 1. The second kappa shape index (κ2) is 12.2. The average molecular weight is 543 g/mol. The lowest BCUT2D eigenvalue weighted by atomic mass is 9.88. The monoisotopic (exact) mass is 542 g/mol. The maximum atomic E-state index is 13.5. The maximum Gasteiger partial charge on any atom is 0.324 e. The molecule has 36 heavy (non-hydrogen) atoms. The normalized spacial score (nSPS) is 26.1. The smallest absolute Gasteiger partial charge is 0.324 e. The quantitative estimate of drug-likeness (QED) is 0.476. The largest absolute Gasteiger partial charge is 0.480 e. The highest BCUT2D eigenvalue weighted by molar-refractivity contribution is 7.91. The number of carbonyl (C=O) groups is 2. The molecule has 0 aromatic carbocycles. The Labute approximate surface area is 217 Å². The topological polar surface area (TPSA) is 129 Å². The highest BCUT2D eigenvalue weighted by atomic mass is 32.2. The van der Waals surface area contributed by atoms with E-state index in [1.807, 2.05) is 4.90 Å². The molecule has 202 valence electrons. The molecule has 0 spiro atoms. The van der Waals surface area contributed by atoms with Crippen molar-refractivity contribution in [3.05, 3.63) is 6.20 Å². The Bertz CT molecular complexity index is 1000. The highest BCUT2D eigenvalue weighted by Crippen LogP contribution is 2.34. The van der Waals surface area contributed by atoms with Crippen LogP contribution in [0, 0.1) is 0 Å². The minimum atomic E-state index is -3.99. The van der Waals surface area contributed by atoms with Crippen LogP contribution in [0.2, 0.25) is 0 Å². The van der Waals surface area contributed by atoms with Gasteiger partial charge in [-0.2, -0.15) is 4.31 Å². The third kappa shape index (κ3) is 6.20. The molecule has 4 rings (SSSR count). The zero-order valence-corrected chi connectivity index (χ0v) is 22.6. The summed E-state index contributed by atoms with van der Waals surface area (Å²) < 4.78 is 33.1. The van der Waals surface area contributed by atoms with E-state index in [9.17, 15) is 23.1 Å². The Balaban J connectivity index is 1.45. The van der Waals surface area contributed by atoms with Gasteiger partial charge in [-0.25, -0.2) is 18.2 Å². The van der Waals surface area contributed by atoms with Crippen molar-refractivity contribution in [1.29, 1.82) is 0 Å². The SMILES string of the molecule is CCCO[C@H]1CC[C@H](N(C(=O)Nc2ncc(S(=O)(=O)N3CCC[C@@H]3C(=O)O)s2)C2CCCCC2)CC1. The average Bonchev–Trinajstić information content (AvgIpc) is 3.55. The molecule has 2 heterocycles. The number of hydrogen-bond donors (Lipinski definition) is 2. The van der Waals surface area contributed by atoms with Crippen molar-refractivity contribution in [2.45, 2.75) is 112 Å². The number of anilines is 1. The number of sulfonamides is 1. The van der Waals surface area contributed by atoms with Crippen LogP contribution in [0.25, 0.3) is 0 Å². The van der Waals surface area contributed by atoms with Crippen molar-refractivity contribution in [1.82, 2.24) is 14.2 Å². The van der Waals surface area contributed by atoms with Crippen LogP contribution in [0.4, 0.5) is 9.93 Å². The molecule has 3 fully saturated rings. The Kier molecular flexibility index (Phi) is 9.24. The van der Waals surface area contributed by atoms with Gasteiger partial charge < -0.3 is 14.7 Å². The van der Waals surface area contributed by atoms with Crippen molar-refractivity contribution < 1.29 is 27.9 Å². The maximum absolute atomic E-state index is 13.5. The fraction of sp³-hybridized carbons (Fsp3) is 0.792. The fourth-order valence-electron chi connectivity index (χ4n) is 5.75. The van der Waals surface area contributed by atoms with E-state index < -0.39 is 22.0 Å². The van der Waals surface area contributed by atoms with E-state index in [2.05, 4.69) is 17.2 Å². The molecule has 1 atom stereocenters. The molecule has 1 saturated heterocycles. The number of carboxylic acid groups (broad SMARTS) is 1. The van der Waals surface area contributed by atoms with Gasteiger partial charge in [0.15, 0.2) is 9.34 Å². The minimum Gasteiger partial charge on any atom is -0.480 e. The molecule has 3 aliphatic rings. The highest BCUT2D eigenvalue weighted by Gasteiger charge is 2.41. The zero-order chi connectivity index (χ0) is 25.7. The number of ether oxygens (including phenoxy) is 1. The van der Waals surface area contributed by atoms with Gasteiger partial charge in [0.2, 0.25) is 0 Å². The molecule has 2 aliphatic carbocycles. The molecule has 2 saturated carbocycles. The van der Waals surface area contributed by atoms with Crippen molar-refractivity contribution >= 4 is 38.5 Å². The van der Waals surface area contributed by atoms with E-state index >= 15 is 0 Å². The second-order valence-electron chi connectivity index (χ2n) is 10.0. The summed E-state index contributed by atoms with van der Waals surface area (Å²) in [5, 5.41) is 12.5. The summed E-state index contributed by atoms with van der Waals surface area (Å²) in [7, 11) is -3.99. The fourth-order valence-corrected chi connectivity index (χ4v) is 8.55. The number of hydrogen-bond acceptors (Lipinski definition) is 7. The zero-order valence-electron chi connectivity index (χ0n) is 20.9. The van der Waals surface area contributed by atoms with Crippen molar-refractivity contribution in [3.8, 4) is 0 Å². The molecule has 0 bridgehead atoms. The van der Waals surface area contributed by atoms with Crippen LogP contribution < -0.4 is 5.32 Å². The predicted octanol–water partition coefficient (Wildman–Crippen LogP) is 4.29. The van der Waals surface area contributed by atoms with E-state index in [-0.39, 0.29) is 40.1 Å². The summed E-state index contributed by atoms with van der Waals surface area (Å²) in [5.74, 6) is -1.15. The first-order valence-corrected chi connectivity index (χ1v) is 15.5. The van der Waals surface area contributed by atoms with Gasteiger partial charge >= 0.3 is 12.0 Å². The van der Waals surface area contributed by atoms with E-state index in [0.29, 0.717) is 12.8 Å². The van der Waals surface area contributed by atoms with Crippen LogP contribution in [0.5, 0.6) is 0 Å². The van der Waals surface area contributed by atoms with E-state index in [4.69, 9.17) is 4.74 Å². The van der Waals surface area contributed by atoms with Crippen LogP contribution >= 0.6 is 11.3 Å². The Morgan fingerprint density at radius 3 is 2.47 bits per heavy atom. The number of amides is 2. The summed E-state index contributed by atoms with van der Waals surface area (Å²) >= 11 is 0.877. The molecule has 2 amide bonds. The molecule has 1 aromatic heterocycles. The lowest BCUT2D eigenvalue weighted by molar-refractivity contribution is -0.140. The molecule has 12 heteroatoms. The van der Waals surface area contributed by atoms with Crippen LogP contribution in [0.3, 0.4) is 0 Å². The molecule has 0 unspecified atom stereocenters. The number of carbonyl (C=O) groups excluding carboxylic acids is 1. The number of urea groups is 1. The third-order valence-corrected chi connectivity index (χ3v) is 10.8. The number of rotatable bonds is 9. The minimum absolute atomic E-state index is 0.0521. The first-order valence-electron chi connectivity index (χ1n) is 13.2. The second-order valence-corrected chi connectivity index (χ2v) is 13.2. The summed E-state index contributed by atoms with van der Waals surface area (Å²) in [6, 6.07) is -1.00. The summed E-state index contributed by atoms with van der Waals surface area (Å²) in [5.41, 5.74) is 0. The number of nitrogens with zero attached hydrogens (tertiary/aromatic N) is 3. The summed E-state index contributed by atoms with van der Waals surface area (Å²) in [6.45, 7) is 3.03. The third-order valence-electron chi connectivity index (χ3n) is 7.55. The molecule has 1 aliphatic heterocycles. The molecular formula is C24H38N4O6S2. The number of thiazole rings is 1. The van der Waals surface area contributed by atoms with Gasteiger partial charge in [0.05, 0.1) is 12.3 Å². The Morgan fingerprint density at radius 2 is 1.81 bits per heavy atom. The molecule has 10 nitrogen and oxygen atoms in total. The first kappa shape index (κ1) is 27.3. The van der Waals surface area contributed by atoms with Gasteiger partial charge in [-0.3, -0.25) is 10.1 Å². The van der Waals surface area contributed by atoms with E-state index in [1.54, 1.807) is 0 Å². The lowest BCUT2D eigenvalue weighted by Crippen LogP contribution is -2.51. The van der Waals surface area contributed by atoms with Crippen LogP contribution in [-0.4, -0.2) is 77.1 Å². The van der Waals surface area contributed by atoms with Gasteiger partial charge in [0.25, 0.3) is 10.0 Å². The van der Waals surface area contributed by atoms with Crippen LogP contribution in [0.1, 0.15) is 84.0 Å². The van der Waals surface area contributed by atoms with Crippen LogP contribution in [0.15, 0.2) is 10.4 Å². The lowest BCUT2D eigenvalue weighted by Gasteiger charge is -2.42. The van der Waals surface area contributed by atoms with Crippen LogP contribution in [-0.2, 0) is 19.6 Å². The van der Waals surface area contributed by atoms with Crippen molar-refractivity contribution in [3.63, 3.8) is 0 Å². The summed E-state index contributed by atoms with van der Waals surface area (Å²) in [4.78, 5) is 31.2. The predicted molar refractivity (Wildman–Crippen MR) is 137 cm³/mol. The number of carboxylic acids is 1. The number of nitrogens with one attached hydrogen (secondary N) is 1. The van der Waals surface area contributed by atoms with Gasteiger partial charge in [-0.1, -0.05) is 37.5 Å². The van der Waals surface area contributed by atoms with Crippen molar-refractivity contribution in [2.24, 2.45) is 0 Å². The van der Waals surface area contributed by atoms with Crippen molar-refractivity contribution in [2.75, 3.05) is 18.5 Å². The Hall–Kier alpha value is -1.76.